The summed E-state index contributed by atoms with van der Waals surface area (Å²) in [6.45, 7) is 5.30. The minimum atomic E-state index is -0.224. The predicted octanol–water partition coefficient (Wildman–Crippen LogP) is 4.41. The van der Waals surface area contributed by atoms with Crippen molar-refractivity contribution in [2.45, 2.75) is 32.9 Å². The van der Waals surface area contributed by atoms with E-state index in [0.717, 1.165) is 23.2 Å². The number of nitrogens with zero attached hydrogens (tertiary/aromatic N) is 1. The summed E-state index contributed by atoms with van der Waals surface area (Å²) in [5, 5.41) is 2.95. The Bertz CT molecular complexity index is 1030. The molecule has 30 heavy (non-hydrogen) atoms. The number of amides is 1. The second-order valence-electron chi connectivity index (χ2n) is 7.88. The van der Waals surface area contributed by atoms with Gasteiger partial charge in [0.05, 0.1) is 0 Å². The van der Waals surface area contributed by atoms with E-state index in [2.05, 4.69) is 45.5 Å². The molecule has 0 radical (unpaired) electrons. The van der Waals surface area contributed by atoms with E-state index < -0.39 is 0 Å². The van der Waals surface area contributed by atoms with Gasteiger partial charge in [0.25, 0.3) is 5.91 Å². The van der Waals surface area contributed by atoms with E-state index in [-0.39, 0.29) is 11.7 Å². The van der Waals surface area contributed by atoms with Crippen LogP contribution in [0.5, 0.6) is 0 Å². The van der Waals surface area contributed by atoms with Crippen molar-refractivity contribution in [3.63, 3.8) is 0 Å². The van der Waals surface area contributed by atoms with Crippen LogP contribution in [0.2, 0.25) is 0 Å². The highest BCUT2D eigenvalue weighted by Crippen LogP contribution is 2.25. The summed E-state index contributed by atoms with van der Waals surface area (Å²) in [7, 11) is 0. The number of hydrogen-bond donors (Lipinski definition) is 2. The number of ketones is 1. The predicted molar refractivity (Wildman–Crippen MR) is 118 cm³/mol. The molecule has 1 amide bonds. The van der Waals surface area contributed by atoms with Gasteiger partial charge in [0.15, 0.2) is 5.78 Å². The van der Waals surface area contributed by atoms with Crippen molar-refractivity contribution in [1.82, 2.24) is 15.2 Å². The Morgan fingerprint density at radius 3 is 2.47 bits per heavy atom. The minimum absolute atomic E-state index is 0.0659. The van der Waals surface area contributed by atoms with Gasteiger partial charge in [-0.05, 0) is 61.2 Å². The number of rotatable bonds is 7. The van der Waals surface area contributed by atoms with Gasteiger partial charge in [-0.15, -0.1) is 0 Å². The first kappa shape index (κ1) is 20.1. The smallest absolute Gasteiger partial charge is 0.267 e. The molecule has 2 aromatic carbocycles. The van der Waals surface area contributed by atoms with Gasteiger partial charge in [0.1, 0.15) is 5.69 Å². The summed E-state index contributed by atoms with van der Waals surface area (Å²) in [6.07, 6.45) is 4.17. The lowest BCUT2D eigenvalue weighted by molar-refractivity contribution is 0.0946. The van der Waals surface area contributed by atoms with E-state index in [1.165, 1.54) is 38.4 Å². The second kappa shape index (κ2) is 9.09. The minimum Gasteiger partial charge on any atom is -0.356 e. The van der Waals surface area contributed by atoms with Crippen LogP contribution in [0, 0.1) is 0 Å². The lowest BCUT2D eigenvalue weighted by Gasteiger charge is -2.15. The highest BCUT2D eigenvalue weighted by atomic mass is 16.2. The van der Waals surface area contributed by atoms with Gasteiger partial charge in [-0.25, -0.2) is 0 Å². The van der Waals surface area contributed by atoms with Gasteiger partial charge in [-0.2, -0.15) is 0 Å². The van der Waals surface area contributed by atoms with E-state index >= 15 is 0 Å². The number of aromatic amines is 1. The molecule has 1 aliphatic rings. The summed E-state index contributed by atoms with van der Waals surface area (Å²) in [4.78, 5) is 29.2. The summed E-state index contributed by atoms with van der Waals surface area (Å²) in [6, 6.07) is 18.4. The first-order valence-electron chi connectivity index (χ1n) is 10.5. The Kier molecular flexibility index (Phi) is 6.10. The normalized spacial score (nSPS) is 14.0. The van der Waals surface area contributed by atoms with Crippen LogP contribution in [0.4, 0.5) is 0 Å². The molecule has 2 heterocycles. The zero-order chi connectivity index (χ0) is 20.9. The van der Waals surface area contributed by atoms with Crippen LogP contribution >= 0.6 is 0 Å². The molecule has 3 aromatic rings. The second-order valence-corrected chi connectivity index (χ2v) is 7.88. The van der Waals surface area contributed by atoms with Crippen molar-refractivity contribution in [2.75, 3.05) is 13.1 Å². The van der Waals surface area contributed by atoms with Crippen LogP contribution in [-0.2, 0) is 13.1 Å². The largest absolute Gasteiger partial charge is 0.356 e. The molecule has 0 atom stereocenters. The molecule has 1 fully saturated rings. The van der Waals surface area contributed by atoms with E-state index in [0.29, 0.717) is 17.8 Å². The van der Waals surface area contributed by atoms with Crippen LogP contribution < -0.4 is 5.32 Å². The number of likely N-dealkylation sites (tertiary alicyclic amines) is 1. The maximum atomic E-state index is 12.5. The molecule has 1 aromatic heterocycles. The number of aromatic nitrogens is 1. The quantitative estimate of drug-likeness (QED) is 0.577. The van der Waals surface area contributed by atoms with Crippen molar-refractivity contribution < 1.29 is 9.59 Å². The molecule has 2 N–H and O–H groups in total. The summed E-state index contributed by atoms with van der Waals surface area (Å²) >= 11 is 0. The Morgan fingerprint density at radius 2 is 1.77 bits per heavy atom. The van der Waals surface area contributed by atoms with Gasteiger partial charge in [-0.3, -0.25) is 14.5 Å². The topological polar surface area (TPSA) is 65.2 Å². The molecule has 0 spiro atoms. The molecule has 5 heteroatoms. The molecule has 0 aliphatic carbocycles. The molecule has 0 saturated carbocycles. The third kappa shape index (κ3) is 4.69. The number of nitrogens with one attached hydrogen (secondary N) is 2. The first-order chi connectivity index (χ1) is 14.6. The number of carbonyl (C=O) groups is 2. The van der Waals surface area contributed by atoms with Crippen molar-refractivity contribution >= 4 is 11.7 Å². The monoisotopic (exact) mass is 401 g/mol. The van der Waals surface area contributed by atoms with Gasteiger partial charge in [0.2, 0.25) is 0 Å². The Balaban J connectivity index is 1.44. The van der Waals surface area contributed by atoms with Crippen LogP contribution in [0.1, 0.15) is 51.7 Å². The molecule has 0 unspecified atom stereocenters. The van der Waals surface area contributed by atoms with Gasteiger partial charge in [-0.1, -0.05) is 48.5 Å². The van der Waals surface area contributed by atoms with E-state index in [1.807, 2.05) is 18.2 Å². The van der Waals surface area contributed by atoms with Crippen LogP contribution in [-0.4, -0.2) is 34.7 Å². The number of benzene rings is 2. The van der Waals surface area contributed by atoms with E-state index in [1.54, 1.807) is 12.3 Å². The van der Waals surface area contributed by atoms with E-state index in [9.17, 15) is 9.59 Å². The number of H-pyrrole nitrogens is 1. The highest BCUT2D eigenvalue weighted by molar-refractivity contribution is 5.99. The Hall–Kier alpha value is -3.18. The van der Waals surface area contributed by atoms with Crippen molar-refractivity contribution in [3.05, 3.63) is 83.2 Å². The zero-order valence-electron chi connectivity index (χ0n) is 17.3. The maximum Gasteiger partial charge on any atom is 0.267 e. The van der Waals surface area contributed by atoms with Crippen molar-refractivity contribution in [1.29, 1.82) is 0 Å². The van der Waals surface area contributed by atoms with Crippen LogP contribution in [0.25, 0.3) is 11.1 Å². The number of carbonyl (C=O) groups excluding carboxylic acids is 2. The summed E-state index contributed by atoms with van der Waals surface area (Å²) in [5.41, 5.74) is 5.54. The summed E-state index contributed by atoms with van der Waals surface area (Å²) < 4.78 is 0. The van der Waals surface area contributed by atoms with E-state index in [4.69, 9.17) is 0 Å². The molecular weight excluding hydrogens is 374 g/mol. The van der Waals surface area contributed by atoms with Gasteiger partial charge < -0.3 is 10.3 Å². The summed E-state index contributed by atoms with van der Waals surface area (Å²) in [5.74, 6) is -0.290. The number of Topliss-reactive ketones (excluding diaryl/α,β-unsaturated/α-hetero) is 1. The first-order valence-corrected chi connectivity index (χ1v) is 10.5. The third-order valence-corrected chi connectivity index (χ3v) is 5.66. The standard InChI is InChI=1S/C25H27N3O2/c1-18(29)22-14-24(26-16-22)25(30)27-15-21-6-2-3-7-23(21)20-10-8-19(9-11-20)17-28-12-4-5-13-28/h2-3,6-11,14,16,26H,4-5,12-13,15,17H2,1H3,(H,27,30). The van der Waals surface area contributed by atoms with Crippen LogP contribution in [0.15, 0.2) is 60.8 Å². The Morgan fingerprint density at radius 1 is 1.03 bits per heavy atom. The third-order valence-electron chi connectivity index (χ3n) is 5.66. The van der Waals surface area contributed by atoms with Gasteiger partial charge in [0, 0.05) is 24.8 Å². The molecule has 5 nitrogen and oxygen atoms in total. The maximum absolute atomic E-state index is 12.5. The highest BCUT2D eigenvalue weighted by Gasteiger charge is 2.13. The fourth-order valence-electron chi connectivity index (χ4n) is 3.94. The molecular formula is C25H27N3O2. The Labute approximate surface area is 177 Å². The lowest BCUT2D eigenvalue weighted by atomic mass is 9.98. The molecule has 1 aliphatic heterocycles. The molecule has 4 rings (SSSR count). The van der Waals surface area contributed by atoms with Crippen molar-refractivity contribution in [2.24, 2.45) is 0 Å². The van der Waals surface area contributed by atoms with Crippen LogP contribution in [0.3, 0.4) is 0 Å². The number of hydrogen-bond acceptors (Lipinski definition) is 3. The lowest BCUT2D eigenvalue weighted by Crippen LogP contribution is -2.23. The molecule has 1 saturated heterocycles. The van der Waals surface area contributed by atoms with Crippen molar-refractivity contribution in [3.8, 4) is 11.1 Å². The fraction of sp³-hybridized carbons (Fsp3) is 0.280. The fourth-order valence-corrected chi connectivity index (χ4v) is 3.94. The average molecular weight is 402 g/mol. The van der Waals surface area contributed by atoms with Gasteiger partial charge >= 0.3 is 0 Å². The zero-order valence-corrected chi connectivity index (χ0v) is 17.3. The average Bonchev–Trinajstić information content (AvgIpc) is 3.45. The molecule has 154 valence electrons. The molecule has 0 bridgehead atoms. The SMILES string of the molecule is CC(=O)c1c[nH]c(C(=O)NCc2ccccc2-c2ccc(CN3CCCC3)cc2)c1.